The number of hydrogen-bond donors (Lipinski definition) is 1. The molecule has 0 saturated carbocycles. The zero-order chi connectivity index (χ0) is 12.1. The Labute approximate surface area is 93.7 Å². The van der Waals surface area contributed by atoms with E-state index in [0.29, 0.717) is 18.5 Å². The highest BCUT2D eigenvalue weighted by Gasteiger charge is 2.11. The van der Waals surface area contributed by atoms with Crippen LogP contribution in [0.25, 0.3) is 0 Å². The average Bonchev–Trinajstić information content (AvgIpc) is 2.26. The number of rotatable bonds is 5. The van der Waals surface area contributed by atoms with Gasteiger partial charge in [0.25, 0.3) is 0 Å². The molecular weight excluding hydrogens is 215 g/mol. The Kier molecular flexibility index (Phi) is 4.65. The second kappa shape index (κ2) is 5.77. The Balaban J connectivity index is 2.73. The standard InChI is InChI=1S/C12H16F3N/c1-3-8(4-2)7-16-11-6-9(13)5-10(14)12(11)15/h5-6,8,16H,3-4,7H2,1-2H3. The molecule has 90 valence electrons. The summed E-state index contributed by atoms with van der Waals surface area (Å²) < 4.78 is 39.0. The van der Waals surface area contributed by atoms with Crippen molar-refractivity contribution < 1.29 is 13.2 Å². The van der Waals surface area contributed by atoms with E-state index in [4.69, 9.17) is 0 Å². The van der Waals surface area contributed by atoms with Gasteiger partial charge in [-0.1, -0.05) is 26.7 Å². The highest BCUT2D eigenvalue weighted by atomic mass is 19.2. The number of hydrogen-bond acceptors (Lipinski definition) is 1. The van der Waals surface area contributed by atoms with E-state index in [1.165, 1.54) is 0 Å². The lowest BCUT2D eigenvalue weighted by Gasteiger charge is -2.14. The summed E-state index contributed by atoms with van der Waals surface area (Å²) >= 11 is 0. The predicted molar refractivity (Wildman–Crippen MR) is 58.9 cm³/mol. The molecule has 4 heteroatoms. The molecule has 0 amide bonds. The van der Waals surface area contributed by atoms with E-state index >= 15 is 0 Å². The Morgan fingerprint density at radius 2 is 1.75 bits per heavy atom. The Hall–Kier alpha value is -1.19. The minimum Gasteiger partial charge on any atom is -0.382 e. The van der Waals surface area contributed by atoms with Crippen LogP contribution in [-0.4, -0.2) is 6.54 Å². The number of nitrogens with one attached hydrogen (secondary N) is 1. The van der Waals surface area contributed by atoms with E-state index in [1.54, 1.807) is 0 Å². The van der Waals surface area contributed by atoms with Crippen molar-refractivity contribution in [2.24, 2.45) is 5.92 Å². The highest BCUT2D eigenvalue weighted by molar-refractivity contribution is 5.45. The fourth-order valence-corrected chi connectivity index (χ4v) is 1.52. The topological polar surface area (TPSA) is 12.0 Å². The van der Waals surface area contributed by atoms with Gasteiger partial charge in [-0.2, -0.15) is 0 Å². The normalized spacial score (nSPS) is 10.9. The molecular formula is C12H16F3N. The van der Waals surface area contributed by atoms with Crippen LogP contribution < -0.4 is 5.32 Å². The first kappa shape index (κ1) is 12.9. The van der Waals surface area contributed by atoms with E-state index in [2.05, 4.69) is 5.32 Å². The lowest BCUT2D eigenvalue weighted by atomic mass is 10.0. The van der Waals surface area contributed by atoms with Crippen LogP contribution in [0, 0.1) is 23.4 Å². The molecule has 0 aromatic heterocycles. The summed E-state index contributed by atoms with van der Waals surface area (Å²) in [6, 6.07) is 1.51. The monoisotopic (exact) mass is 231 g/mol. The first-order chi connectivity index (χ1) is 7.58. The molecule has 1 rings (SSSR count). The molecule has 0 saturated heterocycles. The maximum Gasteiger partial charge on any atom is 0.182 e. The quantitative estimate of drug-likeness (QED) is 0.756. The minimum absolute atomic E-state index is 0.107. The van der Waals surface area contributed by atoms with Gasteiger partial charge in [0, 0.05) is 18.7 Å². The molecule has 16 heavy (non-hydrogen) atoms. The molecule has 0 fully saturated rings. The van der Waals surface area contributed by atoms with Gasteiger partial charge in [0.05, 0.1) is 5.69 Å². The first-order valence-corrected chi connectivity index (χ1v) is 5.46. The molecule has 0 aliphatic carbocycles. The number of anilines is 1. The summed E-state index contributed by atoms with van der Waals surface area (Å²) in [5.41, 5.74) is -0.107. The predicted octanol–water partition coefficient (Wildman–Crippen LogP) is 3.95. The van der Waals surface area contributed by atoms with E-state index in [0.717, 1.165) is 18.9 Å². The van der Waals surface area contributed by atoms with Crippen LogP contribution >= 0.6 is 0 Å². The summed E-state index contributed by atoms with van der Waals surface area (Å²) in [4.78, 5) is 0. The van der Waals surface area contributed by atoms with Crippen molar-refractivity contribution in [2.75, 3.05) is 11.9 Å². The largest absolute Gasteiger partial charge is 0.382 e. The van der Waals surface area contributed by atoms with Crippen molar-refractivity contribution in [1.29, 1.82) is 0 Å². The molecule has 0 bridgehead atoms. The molecule has 1 aromatic rings. The van der Waals surface area contributed by atoms with Gasteiger partial charge < -0.3 is 5.32 Å². The van der Waals surface area contributed by atoms with Crippen molar-refractivity contribution in [3.63, 3.8) is 0 Å². The van der Waals surface area contributed by atoms with Crippen molar-refractivity contribution >= 4 is 5.69 Å². The molecule has 0 radical (unpaired) electrons. The van der Waals surface area contributed by atoms with E-state index < -0.39 is 17.5 Å². The van der Waals surface area contributed by atoms with Gasteiger partial charge in [-0.3, -0.25) is 0 Å². The van der Waals surface area contributed by atoms with Crippen LogP contribution in [0.15, 0.2) is 12.1 Å². The minimum atomic E-state index is -1.16. The summed E-state index contributed by atoms with van der Waals surface area (Å²) in [5.74, 6) is -2.57. The molecule has 0 atom stereocenters. The maximum absolute atomic E-state index is 13.2. The molecule has 0 heterocycles. The third kappa shape index (κ3) is 3.15. The van der Waals surface area contributed by atoms with Crippen molar-refractivity contribution in [3.8, 4) is 0 Å². The fraction of sp³-hybridized carbons (Fsp3) is 0.500. The van der Waals surface area contributed by atoms with Crippen LogP contribution in [0.4, 0.5) is 18.9 Å². The average molecular weight is 231 g/mol. The molecule has 0 aliphatic heterocycles. The molecule has 0 spiro atoms. The number of benzene rings is 1. The van der Waals surface area contributed by atoms with Crippen molar-refractivity contribution in [3.05, 3.63) is 29.6 Å². The van der Waals surface area contributed by atoms with Gasteiger partial charge in [0.1, 0.15) is 5.82 Å². The molecule has 0 aliphatic rings. The van der Waals surface area contributed by atoms with Crippen LogP contribution in [0.2, 0.25) is 0 Å². The van der Waals surface area contributed by atoms with Gasteiger partial charge in [0.15, 0.2) is 11.6 Å². The summed E-state index contributed by atoms with van der Waals surface area (Å²) in [6.45, 7) is 4.57. The summed E-state index contributed by atoms with van der Waals surface area (Å²) in [5, 5.41) is 2.74. The van der Waals surface area contributed by atoms with Gasteiger partial charge >= 0.3 is 0 Å². The van der Waals surface area contributed by atoms with Gasteiger partial charge in [-0.15, -0.1) is 0 Å². The molecule has 1 aromatic carbocycles. The zero-order valence-electron chi connectivity index (χ0n) is 9.49. The van der Waals surface area contributed by atoms with E-state index in [-0.39, 0.29) is 5.69 Å². The molecule has 1 N–H and O–H groups in total. The lowest BCUT2D eigenvalue weighted by molar-refractivity contribution is 0.490. The van der Waals surface area contributed by atoms with Crippen LogP contribution in [0.3, 0.4) is 0 Å². The summed E-state index contributed by atoms with van der Waals surface area (Å²) in [7, 11) is 0. The highest BCUT2D eigenvalue weighted by Crippen LogP contribution is 2.20. The van der Waals surface area contributed by atoms with E-state index in [1.807, 2.05) is 13.8 Å². The molecule has 1 nitrogen and oxygen atoms in total. The van der Waals surface area contributed by atoms with Crippen molar-refractivity contribution in [2.45, 2.75) is 26.7 Å². The van der Waals surface area contributed by atoms with E-state index in [9.17, 15) is 13.2 Å². The summed E-state index contributed by atoms with van der Waals surface area (Å²) in [6.07, 6.45) is 1.89. The van der Waals surface area contributed by atoms with Crippen molar-refractivity contribution in [1.82, 2.24) is 0 Å². The Morgan fingerprint density at radius 3 is 2.31 bits per heavy atom. The fourth-order valence-electron chi connectivity index (χ4n) is 1.52. The first-order valence-electron chi connectivity index (χ1n) is 5.46. The van der Waals surface area contributed by atoms with Gasteiger partial charge in [-0.05, 0) is 5.92 Å². The maximum atomic E-state index is 13.2. The van der Waals surface area contributed by atoms with Crippen LogP contribution in [0.1, 0.15) is 26.7 Å². The SMILES string of the molecule is CCC(CC)CNc1cc(F)cc(F)c1F. The smallest absolute Gasteiger partial charge is 0.182 e. The molecule has 0 unspecified atom stereocenters. The van der Waals surface area contributed by atoms with Crippen LogP contribution in [0.5, 0.6) is 0 Å². The second-order valence-corrected chi connectivity index (χ2v) is 3.81. The van der Waals surface area contributed by atoms with Gasteiger partial charge in [0.2, 0.25) is 0 Å². The lowest BCUT2D eigenvalue weighted by Crippen LogP contribution is -2.14. The number of halogens is 3. The Bertz CT molecular complexity index is 348. The third-order valence-corrected chi connectivity index (χ3v) is 2.73. The Morgan fingerprint density at radius 1 is 1.12 bits per heavy atom. The van der Waals surface area contributed by atoms with Crippen LogP contribution in [-0.2, 0) is 0 Å². The second-order valence-electron chi connectivity index (χ2n) is 3.81. The van der Waals surface area contributed by atoms with Gasteiger partial charge in [-0.25, -0.2) is 13.2 Å². The third-order valence-electron chi connectivity index (χ3n) is 2.73. The zero-order valence-corrected chi connectivity index (χ0v) is 9.49.